The molecule has 0 unspecified atom stereocenters. The van der Waals surface area contributed by atoms with Crippen LogP contribution >= 0.6 is 0 Å². The van der Waals surface area contributed by atoms with Gasteiger partial charge in [0, 0.05) is 18.9 Å². The van der Waals surface area contributed by atoms with E-state index in [-0.39, 0.29) is 5.97 Å². The lowest BCUT2D eigenvalue weighted by molar-refractivity contribution is 0.0601. The molecule has 0 atom stereocenters. The Bertz CT molecular complexity index is 967. The second-order valence-electron chi connectivity index (χ2n) is 5.68. The summed E-state index contributed by atoms with van der Waals surface area (Å²) in [5, 5.41) is 3.22. The van der Waals surface area contributed by atoms with Crippen LogP contribution in [0.3, 0.4) is 0 Å². The van der Waals surface area contributed by atoms with E-state index in [1.165, 1.54) is 13.4 Å². The minimum atomic E-state index is -0.350. The highest BCUT2D eigenvalue weighted by Crippen LogP contribution is 2.25. The molecule has 0 fully saturated rings. The number of methoxy groups -OCH3 is 1. The van der Waals surface area contributed by atoms with Crippen molar-refractivity contribution in [2.24, 2.45) is 4.99 Å². The van der Waals surface area contributed by atoms with Crippen molar-refractivity contribution in [2.75, 3.05) is 25.2 Å². The molecule has 3 aromatic rings. The van der Waals surface area contributed by atoms with Gasteiger partial charge in [0.25, 0.3) is 0 Å². The van der Waals surface area contributed by atoms with Gasteiger partial charge >= 0.3 is 5.97 Å². The van der Waals surface area contributed by atoms with Gasteiger partial charge < -0.3 is 15.8 Å². The summed E-state index contributed by atoms with van der Waals surface area (Å²) in [6, 6.07) is 15.1. The van der Waals surface area contributed by atoms with Gasteiger partial charge in [0.1, 0.15) is 18.0 Å². The molecule has 0 aliphatic rings. The first kappa shape index (κ1) is 18.1. The number of carbonyl (C=O) groups excluding carboxylic acids is 1. The summed E-state index contributed by atoms with van der Waals surface area (Å²) >= 11 is 0. The van der Waals surface area contributed by atoms with Crippen molar-refractivity contribution in [1.82, 2.24) is 9.97 Å². The van der Waals surface area contributed by atoms with E-state index in [0.717, 1.165) is 16.8 Å². The van der Waals surface area contributed by atoms with E-state index in [1.807, 2.05) is 36.4 Å². The number of anilines is 3. The molecule has 1 heterocycles. The lowest BCUT2D eigenvalue weighted by atomic mass is 10.0. The lowest BCUT2D eigenvalue weighted by Crippen LogP contribution is -2.04. The zero-order chi connectivity index (χ0) is 19.2. The van der Waals surface area contributed by atoms with Crippen LogP contribution in [-0.4, -0.2) is 36.3 Å². The van der Waals surface area contributed by atoms with E-state index in [9.17, 15) is 4.79 Å². The van der Waals surface area contributed by atoms with Crippen molar-refractivity contribution in [3.05, 3.63) is 66.0 Å². The summed E-state index contributed by atoms with van der Waals surface area (Å²) in [4.78, 5) is 23.7. The fourth-order valence-electron chi connectivity index (χ4n) is 2.56. The van der Waals surface area contributed by atoms with E-state index in [4.69, 9.17) is 10.5 Å². The molecule has 0 aliphatic heterocycles. The summed E-state index contributed by atoms with van der Waals surface area (Å²) in [7, 11) is 3.03. The molecule has 0 saturated heterocycles. The van der Waals surface area contributed by atoms with E-state index in [0.29, 0.717) is 22.8 Å². The number of aromatic nitrogens is 2. The summed E-state index contributed by atoms with van der Waals surface area (Å²) in [5.41, 5.74) is 9.93. The minimum absolute atomic E-state index is 0.350. The monoisotopic (exact) mass is 361 g/mol. The van der Waals surface area contributed by atoms with Crippen molar-refractivity contribution in [2.45, 2.75) is 0 Å². The highest BCUT2D eigenvalue weighted by atomic mass is 16.5. The van der Waals surface area contributed by atoms with E-state index in [2.05, 4.69) is 20.3 Å². The Morgan fingerprint density at radius 1 is 1.07 bits per heavy atom. The Morgan fingerprint density at radius 2 is 1.70 bits per heavy atom. The first-order valence-corrected chi connectivity index (χ1v) is 8.21. The van der Waals surface area contributed by atoms with E-state index < -0.39 is 0 Å². The number of nitrogens with zero attached hydrogens (tertiary/aromatic N) is 3. The van der Waals surface area contributed by atoms with Gasteiger partial charge in [-0.25, -0.2) is 14.8 Å². The molecule has 3 rings (SSSR count). The molecule has 0 saturated carbocycles. The molecule has 136 valence electrons. The van der Waals surface area contributed by atoms with Crippen molar-refractivity contribution < 1.29 is 9.53 Å². The molecular weight excluding hydrogens is 342 g/mol. The Labute approximate surface area is 157 Å². The second kappa shape index (κ2) is 8.09. The highest BCUT2D eigenvalue weighted by Gasteiger charge is 2.08. The first-order valence-electron chi connectivity index (χ1n) is 8.21. The Balaban J connectivity index is 1.80. The van der Waals surface area contributed by atoms with Gasteiger partial charge in [-0.3, -0.25) is 4.99 Å². The van der Waals surface area contributed by atoms with Gasteiger partial charge in [-0.2, -0.15) is 0 Å². The first-order chi connectivity index (χ1) is 13.1. The fraction of sp³-hybridized carbons (Fsp3) is 0.100. The molecule has 1 aromatic heterocycles. The number of aliphatic imine (C=N–C) groups is 1. The molecule has 2 aromatic carbocycles. The summed E-state index contributed by atoms with van der Waals surface area (Å²) < 4.78 is 4.71. The van der Waals surface area contributed by atoms with Crippen LogP contribution in [0.15, 0.2) is 59.9 Å². The largest absolute Gasteiger partial charge is 0.465 e. The van der Waals surface area contributed by atoms with Gasteiger partial charge in [-0.1, -0.05) is 24.3 Å². The smallest absolute Gasteiger partial charge is 0.337 e. The highest BCUT2D eigenvalue weighted by molar-refractivity contribution is 5.92. The number of nitrogens with two attached hydrogens (primary N) is 1. The van der Waals surface area contributed by atoms with E-state index in [1.54, 1.807) is 25.4 Å². The number of esters is 1. The van der Waals surface area contributed by atoms with Crippen LogP contribution in [0.5, 0.6) is 0 Å². The van der Waals surface area contributed by atoms with Crippen LogP contribution in [0.4, 0.5) is 17.3 Å². The maximum absolute atomic E-state index is 11.5. The molecule has 27 heavy (non-hydrogen) atoms. The molecule has 0 spiro atoms. The van der Waals surface area contributed by atoms with Crippen molar-refractivity contribution in [1.29, 1.82) is 0 Å². The molecule has 7 heteroatoms. The Hall–Kier alpha value is -3.74. The number of rotatable bonds is 5. The van der Waals surface area contributed by atoms with Crippen molar-refractivity contribution in [3.63, 3.8) is 0 Å². The van der Waals surface area contributed by atoms with Crippen LogP contribution in [0.25, 0.3) is 11.1 Å². The summed E-state index contributed by atoms with van der Waals surface area (Å²) in [6.07, 6.45) is 3.02. The average molecular weight is 361 g/mol. The summed E-state index contributed by atoms with van der Waals surface area (Å²) in [5.74, 6) is 0.598. The van der Waals surface area contributed by atoms with Crippen LogP contribution in [0.1, 0.15) is 15.9 Å². The zero-order valence-corrected chi connectivity index (χ0v) is 15.0. The Kier molecular flexibility index (Phi) is 5.41. The minimum Gasteiger partial charge on any atom is -0.465 e. The summed E-state index contributed by atoms with van der Waals surface area (Å²) in [6.45, 7) is 0. The van der Waals surface area contributed by atoms with Crippen LogP contribution in [-0.2, 0) is 4.74 Å². The SMILES string of the molecule is CN=Cc1c(N)ncnc1Nc1ccc(-c2ccc(C(=O)OC)cc2)cc1. The zero-order valence-electron chi connectivity index (χ0n) is 15.0. The molecule has 0 amide bonds. The maximum atomic E-state index is 11.5. The third-order valence-electron chi connectivity index (χ3n) is 3.96. The van der Waals surface area contributed by atoms with Gasteiger partial charge in [0.15, 0.2) is 0 Å². The van der Waals surface area contributed by atoms with Gasteiger partial charge in [0.2, 0.25) is 0 Å². The van der Waals surface area contributed by atoms with Gasteiger partial charge in [-0.05, 0) is 35.4 Å². The molecule has 0 aliphatic carbocycles. The number of nitrogens with one attached hydrogen (secondary N) is 1. The molecular formula is C20H19N5O2. The molecule has 0 bridgehead atoms. The normalized spacial score (nSPS) is 10.7. The number of ether oxygens (including phenoxy) is 1. The molecule has 0 radical (unpaired) electrons. The Morgan fingerprint density at radius 3 is 2.30 bits per heavy atom. The van der Waals surface area contributed by atoms with Crippen LogP contribution < -0.4 is 11.1 Å². The number of hydrogen-bond donors (Lipinski definition) is 2. The lowest BCUT2D eigenvalue weighted by Gasteiger charge is -2.10. The van der Waals surface area contributed by atoms with Gasteiger partial charge in [0.05, 0.1) is 18.2 Å². The van der Waals surface area contributed by atoms with Crippen LogP contribution in [0, 0.1) is 0 Å². The second-order valence-corrected chi connectivity index (χ2v) is 5.68. The number of nitrogen functional groups attached to an aromatic ring is 1. The standard InChI is InChI=1S/C20H19N5O2/c1-22-11-17-18(21)23-12-24-19(17)25-16-9-7-14(8-10-16)13-3-5-15(6-4-13)20(26)27-2/h3-12H,1-2H3,(H3,21,23,24,25). The van der Waals surface area contributed by atoms with Gasteiger partial charge in [-0.15, -0.1) is 0 Å². The number of hydrogen-bond acceptors (Lipinski definition) is 7. The molecule has 7 nitrogen and oxygen atoms in total. The predicted molar refractivity (Wildman–Crippen MR) is 106 cm³/mol. The quantitative estimate of drug-likeness (QED) is 0.534. The maximum Gasteiger partial charge on any atom is 0.337 e. The fourth-order valence-corrected chi connectivity index (χ4v) is 2.56. The number of carbonyl (C=O) groups is 1. The third-order valence-corrected chi connectivity index (χ3v) is 3.96. The topological polar surface area (TPSA) is 102 Å². The molecule has 3 N–H and O–H groups in total. The van der Waals surface area contributed by atoms with Crippen molar-refractivity contribution >= 4 is 29.5 Å². The average Bonchev–Trinajstić information content (AvgIpc) is 2.71. The van der Waals surface area contributed by atoms with E-state index >= 15 is 0 Å². The van der Waals surface area contributed by atoms with Crippen molar-refractivity contribution in [3.8, 4) is 11.1 Å². The predicted octanol–water partition coefficient (Wildman–Crippen LogP) is 3.30. The number of benzene rings is 2. The third kappa shape index (κ3) is 4.09. The van der Waals surface area contributed by atoms with Crippen LogP contribution in [0.2, 0.25) is 0 Å².